The van der Waals surface area contributed by atoms with E-state index >= 15 is 0 Å². The maximum atomic E-state index is 12.7. The van der Waals surface area contributed by atoms with Gasteiger partial charge in [-0.05, 0) is 58.6 Å². The Morgan fingerprint density at radius 1 is 1.29 bits per heavy atom. The topological polar surface area (TPSA) is 55.1 Å². The molecule has 1 amide bonds. The van der Waals surface area contributed by atoms with E-state index in [1.165, 1.54) is 16.7 Å². The third kappa shape index (κ3) is 3.56. The number of fused-ring (bicyclic) bond motifs is 3. The van der Waals surface area contributed by atoms with Gasteiger partial charge in [-0.3, -0.25) is 4.79 Å². The zero-order valence-corrected chi connectivity index (χ0v) is 17.1. The van der Waals surface area contributed by atoms with Crippen molar-refractivity contribution in [3.63, 3.8) is 0 Å². The van der Waals surface area contributed by atoms with Crippen molar-refractivity contribution in [3.05, 3.63) is 34.9 Å². The Morgan fingerprint density at radius 2 is 1.96 bits per heavy atom. The first-order valence-electron chi connectivity index (χ1n) is 10.1. The van der Waals surface area contributed by atoms with Crippen molar-refractivity contribution in [2.75, 3.05) is 6.54 Å². The molecule has 0 saturated heterocycles. The van der Waals surface area contributed by atoms with Crippen LogP contribution in [0.5, 0.6) is 0 Å². The fourth-order valence-electron chi connectivity index (χ4n) is 5.59. The number of benzene rings is 1. The molecule has 0 unspecified atom stereocenters. The van der Waals surface area contributed by atoms with Crippen LogP contribution in [0.15, 0.2) is 18.2 Å². The molecule has 1 fully saturated rings. The summed E-state index contributed by atoms with van der Waals surface area (Å²) in [5, 5.41) is 2.14. The molecule has 4 atom stereocenters. The molecule has 28 heavy (non-hydrogen) atoms. The van der Waals surface area contributed by atoms with Gasteiger partial charge in [0.25, 0.3) is 0 Å². The summed E-state index contributed by atoms with van der Waals surface area (Å²) in [6, 6.07) is 6.41. The first-order chi connectivity index (χ1) is 12.9. The van der Waals surface area contributed by atoms with Crippen molar-refractivity contribution in [1.82, 2.24) is 5.32 Å². The third-order valence-corrected chi connectivity index (χ3v) is 7.21. The average molecular weight is 396 g/mol. The number of alkyl halides is 3. The lowest BCUT2D eigenvalue weighted by Crippen LogP contribution is -2.55. The Labute approximate surface area is 165 Å². The monoisotopic (exact) mass is 396 g/mol. The molecular weight excluding hydrogens is 365 g/mol. The molecule has 0 radical (unpaired) electrons. The standard InChI is InChI=1S/C22H31F3N2O/c1-13(2)14-6-7-16-15(10-14)17(26)11-18-20(3,8-5-9-21(16,18)4)12-27-19(28)22(23,24)25/h6-7,10,13,17-18H,5,8-9,11-12,26H2,1-4H3,(H,27,28)/t17-,18+,20+,21-/m1/s1. The van der Waals surface area contributed by atoms with Crippen molar-refractivity contribution >= 4 is 5.91 Å². The van der Waals surface area contributed by atoms with Gasteiger partial charge in [-0.2, -0.15) is 13.2 Å². The van der Waals surface area contributed by atoms with Gasteiger partial charge in [0, 0.05) is 12.6 Å². The second kappa shape index (κ2) is 7.05. The van der Waals surface area contributed by atoms with Crippen LogP contribution in [0.2, 0.25) is 0 Å². The molecule has 2 aliphatic carbocycles. The number of rotatable bonds is 3. The fraction of sp³-hybridized carbons (Fsp3) is 0.682. The minimum atomic E-state index is -4.85. The Hall–Kier alpha value is -1.56. The van der Waals surface area contributed by atoms with Gasteiger partial charge in [0.2, 0.25) is 0 Å². The number of carbonyl (C=O) groups excluding carboxylic acids is 1. The predicted molar refractivity (Wildman–Crippen MR) is 104 cm³/mol. The van der Waals surface area contributed by atoms with E-state index in [9.17, 15) is 18.0 Å². The van der Waals surface area contributed by atoms with E-state index in [1.807, 2.05) is 6.92 Å². The summed E-state index contributed by atoms with van der Waals surface area (Å²) in [7, 11) is 0. The van der Waals surface area contributed by atoms with Crippen LogP contribution in [0.3, 0.4) is 0 Å². The molecule has 156 valence electrons. The summed E-state index contributed by atoms with van der Waals surface area (Å²) < 4.78 is 38.0. The van der Waals surface area contributed by atoms with E-state index in [-0.39, 0.29) is 23.9 Å². The number of carbonyl (C=O) groups is 1. The van der Waals surface area contributed by atoms with Crippen LogP contribution in [-0.2, 0) is 10.2 Å². The highest BCUT2D eigenvalue weighted by molar-refractivity contribution is 5.81. The fourth-order valence-corrected chi connectivity index (χ4v) is 5.59. The van der Waals surface area contributed by atoms with Crippen LogP contribution >= 0.6 is 0 Å². The van der Waals surface area contributed by atoms with E-state index in [4.69, 9.17) is 5.73 Å². The third-order valence-electron chi connectivity index (χ3n) is 7.21. The van der Waals surface area contributed by atoms with Gasteiger partial charge in [-0.25, -0.2) is 0 Å². The van der Waals surface area contributed by atoms with E-state index in [1.54, 1.807) is 0 Å². The molecule has 1 aromatic rings. The second-order valence-corrected chi connectivity index (χ2v) is 9.50. The highest BCUT2D eigenvalue weighted by Gasteiger charge is 2.53. The van der Waals surface area contributed by atoms with Gasteiger partial charge in [0.05, 0.1) is 0 Å². The molecule has 1 aromatic carbocycles. The van der Waals surface area contributed by atoms with Gasteiger partial charge >= 0.3 is 12.1 Å². The van der Waals surface area contributed by atoms with Gasteiger partial charge in [0.1, 0.15) is 0 Å². The Bertz CT molecular complexity index is 761. The highest BCUT2D eigenvalue weighted by atomic mass is 19.4. The van der Waals surface area contributed by atoms with E-state index in [0.29, 0.717) is 5.92 Å². The summed E-state index contributed by atoms with van der Waals surface area (Å²) in [4.78, 5) is 11.4. The van der Waals surface area contributed by atoms with Crippen molar-refractivity contribution in [2.45, 2.75) is 76.9 Å². The number of halogens is 3. The SMILES string of the molecule is CC(C)c1ccc2c(c1)[C@H](N)C[C@H]1[C@](C)(CNC(=O)C(F)(F)F)CCC[C@]21C. The predicted octanol–water partition coefficient (Wildman–Crippen LogP) is 4.96. The smallest absolute Gasteiger partial charge is 0.348 e. The van der Waals surface area contributed by atoms with Crippen LogP contribution < -0.4 is 11.1 Å². The lowest BCUT2D eigenvalue weighted by molar-refractivity contribution is -0.174. The molecule has 2 aliphatic rings. The highest BCUT2D eigenvalue weighted by Crippen LogP contribution is 2.58. The molecular formula is C22H31F3N2O. The van der Waals surface area contributed by atoms with Crippen LogP contribution in [-0.4, -0.2) is 18.6 Å². The molecule has 1 saturated carbocycles. The van der Waals surface area contributed by atoms with Gasteiger partial charge in [-0.15, -0.1) is 0 Å². The zero-order valence-electron chi connectivity index (χ0n) is 17.1. The van der Waals surface area contributed by atoms with Crippen LogP contribution in [0.25, 0.3) is 0 Å². The first-order valence-corrected chi connectivity index (χ1v) is 10.1. The molecule has 0 aliphatic heterocycles. The van der Waals surface area contributed by atoms with Crippen molar-refractivity contribution in [3.8, 4) is 0 Å². The van der Waals surface area contributed by atoms with Gasteiger partial charge < -0.3 is 11.1 Å². The summed E-state index contributed by atoms with van der Waals surface area (Å²) in [6.07, 6.45) is -1.43. The van der Waals surface area contributed by atoms with E-state index in [2.05, 4.69) is 44.3 Å². The summed E-state index contributed by atoms with van der Waals surface area (Å²) >= 11 is 0. The van der Waals surface area contributed by atoms with Gasteiger partial charge in [0.15, 0.2) is 0 Å². The van der Waals surface area contributed by atoms with Crippen LogP contribution in [0.1, 0.15) is 82.0 Å². The molecule has 3 rings (SSSR count). The van der Waals surface area contributed by atoms with Crippen molar-refractivity contribution in [2.24, 2.45) is 17.1 Å². The minimum Gasteiger partial charge on any atom is -0.348 e. The zero-order chi connectivity index (χ0) is 20.9. The largest absolute Gasteiger partial charge is 0.471 e. The summed E-state index contributed by atoms with van der Waals surface area (Å²) in [5.74, 6) is -1.32. The first kappa shape index (κ1) is 21.2. The summed E-state index contributed by atoms with van der Waals surface area (Å²) in [5.41, 5.74) is 9.66. The van der Waals surface area contributed by atoms with Crippen molar-refractivity contribution < 1.29 is 18.0 Å². The van der Waals surface area contributed by atoms with Crippen LogP contribution in [0.4, 0.5) is 13.2 Å². The molecule has 0 heterocycles. The Morgan fingerprint density at radius 3 is 2.57 bits per heavy atom. The number of hydrogen-bond acceptors (Lipinski definition) is 2. The maximum absolute atomic E-state index is 12.7. The maximum Gasteiger partial charge on any atom is 0.471 e. The second-order valence-electron chi connectivity index (χ2n) is 9.50. The minimum absolute atomic E-state index is 0.0255. The molecule has 0 aromatic heterocycles. The van der Waals surface area contributed by atoms with E-state index < -0.39 is 17.5 Å². The number of nitrogens with two attached hydrogens (primary N) is 1. The molecule has 0 bridgehead atoms. The van der Waals surface area contributed by atoms with Crippen LogP contribution in [0, 0.1) is 11.3 Å². The number of hydrogen-bond donors (Lipinski definition) is 2. The van der Waals surface area contributed by atoms with Crippen molar-refractivity contribution in [1.29, 1.82) is 0 Å². The van der Waals surface area contributed by atoms with E-state index in [0.717, 1.165) is 25.7 Å². The normalized spacial score (nSPS) is 32.6. The average Bonchev–Trinajstić information content (AvgIpc) is 2.61. The van der Waals surface area contributed by atoms with Gasteiger partial charge in [-0.1, -0.05) is 52.3 Å². The number of nitrogens with one attached hydrogen (secondary N) is 1. The Balaban J connectivity index is 1.94. The lowest BCUT2D eigenvalue weighted by Gasteiger charge is -2.56. The lowest BCUT2D eigenvalue weighted by atomic mass is 9.49. The molecule has 0 spiro atoms. The molecule has 3 nitrogen and oxygen atoms in total. The Kier molecular flexibility index (Phi) is 5.32. The number of amides is 1. The quantitative estimate of drug-likeness (QED) is 0.759. The summed E-state index contributed by atoms with van der Waals surface area (Å²) in [6.45, 7) is 8.56. The molecule has 3 N–H and O–H groups in total. The molecule has 6 heteroatoms.